The molecule has 1 amide bonds. The third-order valence-corrected chi connectivity index (χ3v) is 4.41. The quantitative estimate of drug-likeness (QED) is 0.942. The Bertz CT molecular complexity index is 749. The molecule has 1 atom stereocenters. The highest BCUT2D eigenvalue weighted by atomic mass is 16.5. The van der Waals surface area contributed by atoms with Gasteiger partial charge in [-0.05, 0) is 44.4 Å². The lowest BCUT2D eigenvalue weighted by Crippen LogP contribution is -2.34. The van der Waals surface area contributed by atoms with E-state index in [1.165, 1.54) is 11.1 Å². The molecule has 0 spiro atoms. The first kappa shape index (κ1) is 15.6. The molecule has 1 aliphatic rings. The maximum absolute atomic E-state index is 12.5. The van der Waals surface area contributed by atoms with E-state index in [1.54, 1.807) is 4.68 Å². The Kier molecular flexibility index (Phi) is 4.11. The van der Waals surface area contributed by atoms with Gasteiger partial charge in [0.15, 0.2) is 0 Å². The highest BCUT2D eigenvalue weighted by Gasteiger charge is 2.19. The number of rotatable bonds is 4. The van der Waals surface area contributed by atoms with Crippen molar-refractivity contribution in [1.29, 1.82) is 0 Å². The van der Waals surface area contributed by atoms with Gasteiger partial charge in [-0.3, -0.25) is 9.48 Å². The largest absolute Gasteiger partial charge is 0.493 e. The molecule has 2 aromatic rings. The first-order chi connectivity index (χ1) is 11.0. The van der Waals surface area contributed by atoms with E-state index in [0.29, 0.717) is 5.56 Å². The molecule has 0 unspecified atom stereocenters. The van der Waals surface area contributed by atoms with Gasteiger partial charge in [0.25, 0.3) is 5.91 Å². The summed E-state index contributed by atoms with van der Waals surface area (Å²) in [5.74, 6) is 0.942. The van der Waals surface area contributed by atoms with Crippen molar-refractivity contribution in [1.82, 2.24) is 15.1 Å². The highest BCUT2D eigenvalue weighted by molar-refractivity contribution is 5.96. The molecule has 23 heavy (non-hydrogen) atoms. The third-order valence-electron chi connectivity index (χ3n) is 4.41. The van der Waals surface area contributed by atoms with Crippen LogP contribution in [0, 0.1) is 13.8 Å². The van der Waals surface area contributed by atoms with Crippen molar-refractivity contribution in [2.45, 2.75) is 39.7 Å². The van der Waals surface area contributed by atoms with Gasteiger partial charge in [-0.2, -0.15) is 5.10 Å². The first-order valence-corrected chi connectivity index (χ1v) is 8.01. The van der Waals surface area contributed by atoms with Crippen molar-refractivity contribution in [2.24, 2.45) is 7.05 Å². The van der Waals surface area contributed by atoms with E-state index in [2.05, 4.69) is 22.5 Å². The molecule has 0 fully saturated rings. The van der Waals surface area contributed by atoms with Crippen LogP contribution in [0.15, 0.2) is 18.2 Å². The van der Waals surface area contributed by atoms with Crippen LogP contribution in [0.4, 0.5) is 0 Å². The summed E-state index contributed by atoms with van der Waals surface area (Å²) in [6.07, 6.45) is 1.77. The maximum Gasteiger partial charge on any atom is 0.255 e. The van der Waals surface area contributed by atoms with E-state index in [0.717, 1.165) is 36.6 Å². The summed E-state index contributed by atoms with van der Waals surface area (Å²) in [7, 11) is 1.86. The molecule has 5 nitrogen and oxygen atoms in total. The number of hydrogen-bond donors (Lipinski definition) is 1. The van der Waals surface area contributed by atoms with Gasteiger partial charge in [0.2, 0.25) is 0 Å². The van der Waals surface area contributed by atoms with Crippen LogP contribution in [0.3, 0.4) is 0 Å². The zero-order valence-electron chi connectivity index (χ0n) is 14.1. The lowest BCUT2D eigenvalue weighted by atomic mass is 10.0. The zero-order valence-corrected chi connectivity index (χ0v) is 14.1. The number of hydrogen-bond acceptors (Lipinski definition) is 3. The minimum absolute atomic E-state index is 0.0508. The Morgan fingerprint density at radius 3 is 2.91 bits per heavy atom. The van der Waals surface area contributed by atoms with Crippen LogP contribution in [0.25, 0.3) is 0 Å². The van der Waals surface area contributed by atoms with Crippen LogP contribution >= 0.6 is 0 Å². The summed E-state index contributed by atoms with van der Waals surface area (Å²) in [6, 6.07) is 6.35. The summed E-state index contributed by atoms with van der Waals surface area (Å²) < 4.78 is 7.28. The van der Waals surface area contributed by atoms with Crippen LogP contribution in [0.1, 0.15) is 39.8 Å². The summed E-state index contributed by atoms with van der Waals surface area (Å²) in [5, 5.41) is 7.39. The molecule has 3 rings (SSSR count). The van der Waals surface area contributed by atoms with Gasteiger partial charge < -0.3 is 10.1 Å². The van der Waals surface area contributed by atoms with Gasteiger partial charge >= 0.3 is 0 Å². The van der Waals surface area contributed by atoms with Crippen molar-refractivity contribution in [3.63, 3.8) is 0 Å². The topological polar surface area (TPSA) is 56.2 Å². The second-order valence-corrected chi connectivity index (χ2v) is 6.29. The molecule has 2 heterocycles. The van der Waals surface area contributed by atoms with Gasteiger partial charge in [-0.1, -0.05) is 12.1 Å². The molecule has 1 aliphatic heterocycles. The number of aromatic nitrogens is 2. The van der Waals surface area contributed by atoms with Gasteiger partial charge in [-0.25, -0.2) is 0 Å². The van der Waals surface area contributed by atoms with Crippen molar-refractivity contribution in [2.75, 3.05) is 6.61 Å². The normalized spacial score (nSPS) is 14.3. The van der Waals surface area contributed by atoms with Crippen molar-refractivity contribution >= 4 is 5.91 Å². The number of aryl methyl sites for hydroxylation is 2. The Balaban J connectivity index is 1.67. The minimum Gasteiger partial charge on any atom is -0.493 e. The van der Waals surface area contributed by atoms with Crippen LogP contribution in [0.2, 0.25) is 0 Å². The molecule has 122 valence electrons. The second-order valence-electron chi connectivity index (χ2n) is 6.29. The molecule has 1 N–H and O–H groups in total. The van der Waals surface area contributed by atoms with Gasteiger partial charge in [0.05, 0.1) is 17.9 Å². The zero-order chi connectivity index (χ0) is 16.6. The molecular formula is C18H23N3O2. The van der Waals surface area contributed by atoms with Gasteiger partial charge in [0, 0.05) is 25.2 Å². The van der Waals surface area contributed by atoms with E-state index in [-0.39, 0.29) is 11.9 Å². The molecule has 0 bridgehead atoms. The third kappa shape index (κ3) is 3.09. The molecule has 0 saturated heterocycles. The van der Waals surface area contributed by atoms with Crippen LogP contribution in [0.5, 0.6) is 5.75 Å². The van der Waals surface area contributed by atoms with Crippen LogP contribution < -0.4 is 10.1 Å². The number of nitrogens with one attached hydrogen (secondary N) is 1. The van der Waals surface area contributed by atoms with E-state index < -0.39 is 0 Å². The van der Waals surface area contributed by atoms with E-state index >= 15 is 0 Å². The summed E-state index contributed by atoms with van der Waals surface area (Å²) in [6.45, 7) is 6.58. The second kappa shape index (κ2) is 6.07. The van der Waals surface area contributed by atoms with Crippen molar-refractivity contribution in [3.8, 4) is 5.75 Å². The Labute approximate surface area is 136 Å². The lowest BCUT2D eigenvalue weighted by molar-refractivity contribution is 0.0939. The number of nitrogens with zero attached hydrogens (tertiary/aromatic N) is 2. The molecule has 0 radical (unpaired) electrons. The van der Waals surface area contributed by atoms with E-state index in [1.807, 2.05) is 33.9 Å². The summed E-state index contributed by atoms with van der Waals surface area (Å²) in [5.41, 5.74) is 4.83. The van der Waals surface area contributed by atoms with Crippen LogP contribution in [-0.2, 0) is 19.9 Å². The number of amides is 1. The molecule has 1 aromatic heterocycles. The molecular weight excluding hydrogens is 290 g/mol. The van der Waals surface area contributed by atoms with Crippen molar-refractivity contribution < 1.29 is 9.53 Å². The van der Waals surface area contributed by atoms with E-state index in [4.69, 9.17) is 4.74 Å². The fraction of sp³-hybridized carbons (Fsp3) is 0.444. The standard InChI is InChI=1S/C18H23N3O2/c1-11(9-14-5-6-16-15(10-14)7-8-23-16)19-18(22)17-12(2)20-21(4)13(17)3/h5-6,10-11H,7-9H2,1-4H3,(H,19,22)/t11-/m0/s1. The molecule has 1 aromatic carbocycles. The smallest absolute Gasteiger partial charge is 0.255 e. The van der Waals surface area contributed by atoms with Crippen LogP contribution in [-0.4, -0.2) is 28.3 Å². The average molecular weight is 313 g/mol. The average Bonchev–Trinajstić information content (AvgIpc) is 3.03. The summed E-state index contributed by atoms with van der Waals surface area (Å²) >= 11 is 0. The van der Waals surface area contributed by atoms with E-state index in [9.17, 15) is 4.79 Å². The number of carbonyl (C=O) groups is 1. The fourth-order valence-corrected chi connectivity index (χ4v) is 3.17. The lowest BCUT2D eigenvalue weighted by Gasteiger charge is -2.15. The first-order valence-electron chi connectivity index (χ1n) is 8.01. The molecule has 0 aliphatic carbocycles. The fourth-order valence-electron chi connectivity index (χ4n) is 3.17. The monoisotopic (exact) mass is 313 g/mol. The maximum atomic E-state index is 12.5. The van der Waals surface area contributed by atoms with Gasteiger partial charge in [0.1, 0.15) is 5.75 Å². The Morgan fingerprint density at radius 2 is 2.22 bits per heavy atom. The Hall–Kier alpha value is -2.30. The number of ether oxygens (including phenoxy) is 1. The molecule has 5 heteroatoms. The summed E-state index contributed by atoms with van der Waals surface area (Å²) in [4.78, 5) is 12.5. The van der Waals surface area contributed by atoms with Crippen molar-refractivity contribution in [3.05, 3.63) is 46.3 Å². The highest BCUT2D eigenvalue weighted by Crippen LogP contribution is 2.26. The number of carbonyl (C=O) groups excluding carboxylic acids is 1. The minimum atomic E-state index is -0.0508. The molecule has 0 saturated carbocycles. The van der Waals surface area contributed by atoms with Gasteiger partial charge in [-0.15, -0.1) is 0 Å². The number of benzene rings is 1. The predicted molar refractivity (Wildman–Crippen MR) is 89.0 cm³/mol. The predicted octanol–water partition coefficient (Wildman–Crippen LogP) is 2.33. The number of fused-ring (bicyclic) bond motifs is 1. The Morgan fingerprint density at radius 1 is 1.43 bits per heavy atom. The SMILES string of the molecule is Cc1nn(C)c(C)c1C(=O)N[C@@H](C)Cc1ccc2c(c1)CCO2.